The van der Waals surface area contributed by atoms with Gasteiger partial charge in [-0.3, -0.25) is 14.2 Å². The van der Waals surface area contributed by atoms with Crippen molar-refractivity contribution in [2.45, 2.75) is 187 Å². The van der Waals surface area contributed by atoms with Crippen molar-refractivity contribution in [2.75, 3.05) is 47.5 Å². The van der Waals surface area contributed by atoms with Gasteiger partial charge in [0.2, 0.25) is 0 Å². The molecule has 54 heavy (non-hydrogen) atoms. The van der Waals surface area contributed by atoms with Gasteiger partial charge in [0.1, 0.15) is 19.8 Å². The van der Waals surface area contributed by atoms with Gasteiger partial charge in [0, 0.05) is 12.8 Å². The molecule has 0 heterocycles. The van der Waals surface area contributed by atoms with Crippen molar-refractivity contribution >= 4 is 19.6 Å². The van der Waals surface area contributed by atoms with E-state index >= 15 is 0 Å². The molecule has 0 spiro atoms. The molecular weight excluding hydrogens is 701 g/mol. The van der Waals surface area contributed by atoms with Crippen molar-refractivity contribution in [2.24, 2.45) is 0 Å². The Morgan fingerprint density at radius 3 is 1.72 bits per heavy atom. The molecule has 0 bridgehead atoms. The first-order chi connectivity index (χ1) is 26.0. The summed E-state index contributed by atoms with van der Waals surface area (Å²) in [7, 11) is 1.25. The Morgan fingerprint density at radius 2 is 1.13 bits per heavy atom. The van der Waals surface area contributed by atoms with Crippen LogP contribution in [0.15, 0.2) is 36.6 Å². The van der Waals surface area contributed by atoms with Crippen LogP contribution in [0.1, 0.15) is 181 Å². The molecule has 0 aromatic heterocycles. The lowest BCUT2D eigenvalue weighted by molar-refractivity contribution is -0.870. The van der Waals surface area contributed by atoms with Gasteiger partial charge in [-0.15, -0.1) is 0 Å². The minimum Gasteiger partial charge on any atom is -0.756 e. The SMILES string of the molecule is CCCCC/C=C\C=C\C(=O)CCCCCCCC(=O)O[C@H](CO/C=C/CCCCCCCCCCCCCCCC)COP(=O)([O-])OCC[N+](C)(C)C. The highest BCUT2D eigenvalue weighted by Crippen LogP contribution is 2.38. The number of quaternary nitrogens is 1. The Bertz CT molecular complexity index is 1020. The number of hydrogen-bond donors (Lipinski definition) is 0. The molecule has 1 unspecified atom stereocenters. The van der Waals surface area contributed by atoms with Gasteiger partial charge in [0.05, 0.1) is 34.0 Å². The molecule has 0 aromatic rings. The molecule has 0 aromatic carbocycles. The molecule has 9 nitrogen and oxygen atoms in total. The zero-order valence-corrected chi connectivity index (χ0v) is 36.3. The van der Waals surface area contributed by atoms with Gasteiger partial charge in [-0.1, -0.05) is 148 Å². The van der Waals surface area contributed by atoms with Crippen LogP contribution in [0.3, 0.4) is 0 Å². The molecule has 0 rings (SSSR count). The maximum absolute atomic E-state index is 12.6. The highest BCUT2D eigenvalue weighted by atomic mass is 31.2. The molecule has 0 radical (unpaired) electrons. The molecule has 0 fully saturated rings. The minimum absolute atomic E-state index is 0.00533. The Kier molecular flexibility index (Phi) is 35.6. The Morgan fingerprint density at radius 1 is 0.630 bits per heavy atom. The summed E-state index contributed by atoms with van der Waals surface area (Å²) >= 11 is 0. The molecule has 0 N–H and O–H groups in total. The topological polar surface area (TPSA) is 111 Å². The van der Waals surface area contributed by atoms with Crippen LogP contribution < -0.4 is 4.89 Å². The van der Waals surface area contributed by atoms with E-state index < -0.39 is 19.9 Å². The lowest BCUT2D eigenvalue weighted by Gasteiger charge is -2.28. The van der Waals surface area contributed by atoms with Crippen molar-refractivity contribution < 1.29 is 42.1 Å². The van der Waals surface area contributed by atoms with Crippen LogP contribution in [-0.4, -0.2) is 69.8 Å². The third-order valence-electron chi connectivity index (χ3n) is 9.23. The molecular formula is C44H82NO8P. The summed E-state index contributed by atoms with van der Waals surface area (Å²) < 4.78 is 34.2. The number of ether oxygens (including phenoxy) is 2. The second-order valence-corrected chi connectivity index (χ2v) is 17.2. The second kappa shape index (κ2) is 36.8. The maximum Gasteiger partial charge on any atom is 0.306 e. The minimum atomic E-state index is -4.57. The fourth-order valence-electron chi connectivity index (χ4n) is 5.79. The number of unbranched alkanes of at least 4 members (excludes halogenated alkanes) is 21. The lowest BCUT2D eigenvalue weighted by Crippen LogP contribution is -2.37. The summed E-state index contributed by atoms with van der Waals surface area (Å²) in [5.74, 6) is -0.286. The molecule has 0 aliphatic carbocycles. The Hall–Kier alpha value is -1.77. The smallest absolute Gasteiger partial charge is 0.306 e. The molecule has 0 saturated heterocycles. The fraction of sp³-hybridized carbons (Fsp3) is 0.818. The van der Waals surface area contributed by atoms with Crippen LogP contribution >= 0.6 is 7.82 Å². The highest BCUT2D eigenvalue weighted by Gasteiger charge is 2.20. The largest absolute Gasteiger partial charge is 0.756 e. The van der Waals surface area contributed by atoms with Crippen LogP contribution in [0.2, 0.25) is 0 Å². The normalized spacial score (nSPS) is 14.0. The first-order valence-electron chi connectivity index (χ1n) is 21.7. The number of esters is 1. The van der Waals surface area contributed by atoms with E-state index in [-0.39, 0.29) is 32.0 Å². The van der Waals surface area contributed by atoms with E-state index in [2.05, 4.69) is 19.9 Å². The van der Waals surface area contributed by atoms with Gasteiger partial charge in [-0.05, 0) is 50.7 Å². The van der Waals surface area contributed by atoms with E-state index in [4.69, 9.17) is 18.5 Å². The molecule has 10 heteroatoms. The number of ketones is 1. The maximum atomic E-state index is 12.6. The number of phosphoric acid groups is 1. The molecule has 0 aliphatic heterocycles. The third-order valence-corrected chi connectivity index (χ3v) is 10.2. The first-order valence-corrected chi connectivity index (χ1v) is 23.2. The summed E-state index contributed by atoms with van der Waals surface area (Å²) in [6.07, 6.45) is 39.2. The number of likely N-dealkylation sites (N-methyl/N-ethyl adjacent to an activating group) is 1. The van der Waals surface area contributed by atoms with Crippen LogP contribution in [0.4, 0.5) is 0 Å². The number of carbonyl (C=O) groups excluding carboxylic acids is 2. The standard InChI is InChI=1S/C44H82NO8P/c1-6-8-10-12-14-15-16-17-18-19-20-21-22-24-29-33-38-50-40-43(41-52-54(48,49)51-39-37-45(3,4)5)53-44(47)36-32-28-25-27-31-35-42(46)34-30-26-23-13-11-9-7-2/h23,26,30,33-34,38,43H,6-22,24-25,27-29,31-32,35-37,39-41H2,1-5H3/b26-23-,34-30+,38-33+/t43-/m1/s1. The van der Waals surface area contributed by atoms with Gasteiger partial charge in [-0.2, -0.15) is 0 Å². The number of phosphoric ester groups is 1. The molecule has 0 aliphatic rings. The van der Waals surface area contributed by atoms with Crippen molar-refractivity contribution in [1.29, 1.82) is 0 Å². The monoisotopic (exact) mass is 784 g/mol. The van der Waals surface area contributed by atoms with E-state index in [1.165, 1.54) is 103 Å². The zero-order valence-electron chi connectivity index (χ0n) is 35.4. The van der Waals surface area contributed by atoms with Gasteiger partial charge in [0.25, 0.3) is 7.82 Å². The van der Waals surface area contributed by atoms with E-state index in [0.29, 0.717) is 23.9 Å². The summed E-state index contributed by atoms with van der Waals surface area (Å²) in [5, 5.41) is 0. The second-order valence-electron chi connectivity index (χ2n) is 15.8. The molecule has 316 valence electrons. The van der Waals surface area contributed by atoms with Crippen LogP contribution in [0.5, 0.6) is 0 Å². The average Bonchev–Trinajstić information content (AvgIpc) is 3.11. The van der Waals surface area contributed by atoms with Crippen LogP contribution in [0.25, 0.3) is 0 Å². The van der Waals surface area contributed by atoms with Crippen molar-refractivity contribution in [3.8, 4) is 0 Å². The summed E-state index contributed by atoms with van der Waals surface area (Å²) in [6.45, 7) is 4.55. The van der Waals surface area contributed by atoms with E-state index in [0.717, 1.165) is 44.9 Å². The number of rotatable bonds is 40. The van der Waals surface area contributed by atoms with Gasteiger partial charge >= 0.3 is 5.97 Å². The highest BCUT2D eigenvalue weighted by molar-refractivity contribution is 7.45. The fourth-order valence-corrected chi connectivity index (χ4v) is 6.52. The predicted molar refractivity (Wildman–Crippen MR) is 222 cm³/mol. The number of nitrogens with zero attached hydrogens (tertiary/aromatic N) is 1. The summed E-state index contributed by atoms with van der Waals surface area (Å²) in [4.78, 5) is 37.0. The first kappa shape index (κ1) is 52.2. The zero-order chi connectivity index (χ0) is 40.0. The van der Waals surface area contributed by atoms with Gasteiger partial charge in [-0.25, -0.2) is 0 Å². The van der Waals surface area contributed by atoms with Crippen LogP contribution in [-0.2, 0) is 32.7 Å². The molecule has 0 saturated carbocycles. The van der Waals surface area contributed by atoms with Gasteiger partial charge < -0.3 is 27.9 Å². The molecule has 2 atom stereocenters. The van der Waals surface area contributed by atoms with E-state index in [9.17, 15) is 19.0 Å². The number of carbonyl (C=O) groups is 2. The van der Waals surface area contributed by atoms with Gasteiger partial charge in [0.15, 0.2) is 11.9 Å². The van der Waals surface area contributed by atoms with E-state index in [1.54, 1.807) is 12.3 Å². The van der Waals surface area contributed by atoms with Crippen LogP contribution in [0, 0.1) is 0 Å². The van der Waals surface area contributed by atoms with Crippen molar-refractivity contribution in [3.63, 3.8) is 0 Å². The predicted octanol–water partition coefficient (Wildman–Crippen LogP) is 11.5. The number of allylic oxidation sites excluding steroid dienone is 5. The Labute approximate surface area is 331 Å². The van der Waals surface area contributed by atoms with E-state index in [1.807, 2.05) is 39.4 Å². The lowest BCUT2D eigenvalue weighted by atomic mass is 10.0. The summed E-state index contributed by atoms with van der Waals surface area (Å²) in [6, 6.07) is 0. The molecule has 0 amide bonds. The van der Waals surface area contributed by atoms with Crippen molar-refractivity contribution in [1.82, 2.24) is 0 Å². The average molecular weight is 784 g/mol. The van der Waals surface area contributed by atoms with Crippen molar-refractivity contribution in [3.05, 3.63) is 36.6 Å². The third kappa shape index (κ3) is 39.9. The summed E-state index contributed by atoms with van der Waals surface area (Å²) in [5.41, 5.74) is 0. The quantitative estimate of drug-likeness (QED) is 0.0115. The Balaban J connectivity index is 4.38. The number of hydrogen-bond acceptors (Lipinski definition) is 8.